The predicted octanol–water partition coefficient (Wildman–Crippen LogP) is 3.51. The highest BCUT2D eigenvalue weighted by molar-refractivity contribution is 7.92. The van der Waals surface area contributed by atoms with Gasteiger partial charge in [-0.3, -0.25) is 4.72 Å². The van der Waals surface area contributed by atoms with Crippen molar-refractivity contribution in [2.24, 2.45) is 5.92 Å². The molecule has 3 heterocycles. The van der Waals surface area contributed by atoms with Crippen molar-refractivity contribution in [2.75, 3.05) is 42.3 Å². The topological polar surface area (TPSA) is 103 Å². The third-order valence-corrected chi connectivity index (χ3v) is 7.75. The van der Waals surface area contributed by atoms with E-state index in [4.69, 9.17) is 0 Å². The predicted molar refractivity (Wildman–Crippen MR) is 129 cm³/mol. The number of aryl methyl sites for hydroxylation is 2. The third kappa shape index (κ3) is 5.65. The lowest BCUT2D eigenvalue weighted by molar-refractivity contribution is 0.0697. The Kier molecular flexibility index (Phi) is 6.90. The normalized spacial score (nSPS) is 19.6. The molecule has 33 heavy (non-hydrogen) atoms. The summed E-state index contributed by atoms with van der Waals surface area (Å²) in [5, 5.41) is 9.85. The van der Waals surface area contributed by atoms with Gasteiger partial charge in [-0.05, 0) is 87.9 Å². The first kappa shape index (κ1) is 23.5. The van der Waals surface area contributed by atoms with E-state index in [0.29, 0.717) is 11.7 Å². The molecule has 0 radical (unpaired) electrons. The summed E-state index contributed by atoms with van der Waals surface area (Å²) < 4.78 is 28.3. The summed E-state index contributed by atoms with van der Waals surface area (Å²) in [6, 6.07) is 6.44. The van der Waals surface area contributed by atoms with Crippen LogP contribution in [-0.4, -0.2) is 62.1 Å². The van der Waals surface area contributed by atoms with Crippen LogP contribution in [0.5, 0.6) is 0 Å². The molecule has 0 unspecified atom stereocenters. The second kappa shape index (κ2) is 9.69. The second-order valence-corrected chi connectivity index (χ2v) is 11.0. The van der Waals surface area contributed by atoms with E-state index in [1.165, 1.54) is 25.1 Å². The van der Waals surface area contributed by atoms with Crippen LogP contribution in [0.3, 0.4) is 0 Å². The van der Waals surface area contributed by atoms with E-state index < -0.39 is 16.0 Å². The molecule has 4 rings (SSSR count). The Hall–Kier alpha value is -2.65. The van der Waals surface area contributed by atoms with Crippen LogP contribution in [0.4, 0.5) is 11.5 Å². The molecule has 0 aliphatic carbocycles. The van der Waals surface area contributed by atoms with Crippen LogP contribution in [0.1, 0.15) is 47.2 Å². The van der Waals surface area contributed by atoms with E-state index in [-0.39, 0.29) is 16.1 Å². The zero-order chi connectivity index (χ0) is 23.6. The molecule has 0 saturated carbocycles. The van der Waals surface area contributed by atoms with E-state index in [1.807, 2.05) is 24.8 Å². The van der Waals surface area contributed by atoms with Crippen LogP contribution >= 0.6 is 0 Å². The summed E-state index contributed by atoms with van der Waals surface area (Å²) >= 11 is 0. The highest BCUT2D eigenvalue weighted by Gasteiger charge is 2.27. The average molecular weight is 473 g/mol. The molecule has 1 aromatic heterocycles. The van der Waals surface area contributed by atoms with Crippen molar-refractivity contribution in [3.8, 4) is 0 Å². The molecule has 0 amide bonds. The van der Waals surface area contributed by atoms with Gasteiger partial charge in [0, 0.05) is 19.6 Å². The Bertz CT molecular complexity index is 1110. The lowest BCUT2D eigenvalue weighted by Crippen LogP contribution is -2.41. The van der Waals surface area contributed by atoms with Gasteiger partial charge in [0.25, 0.3) is 10.0 Å². The van der Waals surface area contributed by atoms with Crippen molar-refractivity contribution in [3.05, 3.63) is 47.2 Å². The smallest absolute Gasteiger partial charge is 0.339 e. The Morgan fingerprint density at radius 2 is 1.79 bits per heavy atom. The largest absolute Gasteiger partial charge is 0.478 e. The molecular weight excluding hydrogens is 440 g/mol. The number of aromatic nitrogens is 1. The lowest BCUT2D eigenvalue weighted by Gasteiger charge is -2.36. The highest BCUT2D eigenvalue weighted by atomic mass is 32.2. The van der Waals surface area contributed by atoms with Gasteiger partial charge in [0.05, 0.1) is 16.8 Å². The molecule has 0 spiro atoms. The molecule has 2 N–H and O–H groups in total. The van der Waals surface area contributed by atoms with Crippen molar-refractivity contribution in [3.63, 3.8) is 0 Å². The van der Waals surface area contributed by atoms with E-state index in [1.54, 1.807) is 12.1 Å². The molecule has 1 atom stereocenters. The maximum absolute atomic E-state index is 12.9. The number of aromatic carboxylic acids is 1. The lowest BCUT2D eigenvalue weighted by atomic mass is 9.97. The van der Waals surface area contributed by atoms with Gasteiger partial charge >= 0.3 is 5.97 Å². The summed E-state index contributed by atoms with van der Waals surface area (Å²) in [7, 11) is -3.86. The van der Waals surface area contributed by atoms with Gasteiger partial charge in [-0.15, -0.1) is 0 Å². The quantitative estimate of drug-likeness (QED) is 0.636. The van der Waals surface area contributed by atoms with Gasteiger partial charge in [0.1, 0.15) is 11.4 Å². The molecule has 178 valence electrons. The molecule has 2 aromatic rings. The summed E-state index contributed by atoms with van der Waals surface area (Å²) in [5.74, 6) is -0.238. The van der Waals surface area contributed by atoms with Crippen molar-refractivity contribution < 1.29 is 18.3 Å². The second-order valence-electron chi connectivity index (χ2n) is 9.29. The maximum atomic E-state index is 12.9. The number of pyridine rings is 1. The molecule has 2 saturated heterocycles. The minimum atomic E-state index is -3.86. The van der Waals surface area contributed by atoms with Crippen LogP contribution in [0, 0.1) is 19.8 Å². The van der Waals surface area contributed by atoms with Crippen LogP contribution in [0.15, 0.2) is 35.4 Å². The SMILES string of the molecule is Cc1cc(C)cc(S(=O)(=O)Nc2cnc(N3CCC[C@@H](CN4CCCC4)C3)c(C(=O)O)c2)c1. The van der Waals surface area contributed by atoms with Gasteiger partial charge in [-0.1, -0.05) is 6.07 Å². The molecule has 2 fully saturated rings. The number of benzene rings is 1. The third-order valence-electron chi connectivity index (χ3n) is 6.39. The first-order chi connectivity index (χ1) is 15.7. The Balaban J connectivity index is 1.54. The number of hydrogen-bond donors (Lipinski definition) is 2. The van der Waals surface area contributed by atoms with Gasteiger partial charge in [0.2, 0.25) is 0 Å². The van der Waals surface area contributed by atoms with Crippen LogP contribution in [-0.2, 0) is 10.0 Å². The number of piperidine rings is 1. The highest BCUT2D eigenvalue weighted by Crippen LogP contribution is 2.28. The van der Waals surface area contributed by atoms with Crippen LogP contribution in [0.2, 0.25) is 0 Å². The van der Waals surface area contributed by atoms with Crippen molar-refractivity contribution in [2.45, 2.75) is 44.4 Å². The maximum Gasteiger partial charge on any atom is 0.339 e. The zero-order valence-corrected chi connectivity index (χ0v) is 20.1. The van der Waals surface area contributed by atoms with E-state index in [9.17, 15) is 18.3 Å². The van der Waals surface area contributed by atoms with E-state index in [2.05, 4.69) is 14.6 Å². The number of carboxylic acid groups (broad SMARTS) is 1. The number of anilines is 2. The Morgan fingerprint density at radius 3 is 2.45 bits per heavy atom. The number of nitrogens with one attached hydrogen (secondary N) is 1. The standard InChI is InChI=1S/C24H32N4O4S/c1-17-10-18(2)12-21(11-17)33(31,32)26-20-13-22(24(29)30)23(25-14-20)28-9-5-6-19(16-28)15-27-7-3-4-8-27/h10-14,19,26H,3-9,15-16H2,1-2H3,(H,29,30)/t19-/m0/s1. The summed E-state index contributed by atoms with van der Waals surface area (Å²) in [6.45, 7) is 8.50. The van der Waals surface area contributed by atoms with Crippen molar-refractivity contribution >= 4 is 27.5 Å². The molecule has 1 aromatic carbocycles. The van der Waals surface area contributed by atoms with E-state index in [0.717, 1.165) is 56.7 Å². The summed E-state index contributed by atoms with van der Waals surface area (Å²) in [4.78, 5) is 21.1. The fraction of sp³-hybridized carbons (Fsp3) is 0.500. The molecule has 8 nitrogen and oxygen atoms in total. The zero-order valence-electron chi connectivity index (χ0n) is 19.2. The summed E-state index contributed by atoms with van der Waals surface area (Å²) in [5.41, 5.74) is 1.82. The number of carboxylic acids is 1. The van der Waals surface area contributed by atoms with Crippen LogP contribution < -0.4 is 9.62 Å². The minimum Gasteiger partial charge on any atom is -0.478 e. The summed E-state index contributed by atoms with van der Waals surface area (Å²) in [6.07, 6.45) is 6.02. The first-order valence-electron chi connectivity index (χ1n) is 11.5. The number of likely N-dealkylation sites (tertiary alicyclic amines) is 1. The van der Waals surface area contributed by atoms with Crippen molar-refractivity contribution in [1.29, 1.82) is 0 Å². The molecular formula is C24H32N4O4S. The Morgan fingerprint density at radius 1 is 1.09 bits per heavy atom. The first-order valence-corrected chi connectivity index (χ1v) is 13.0. The van der Waals surface area contributed by atoms with Gasteiger partial charge < -0.3 is 14.9 Å². The molecule has 0 bridgehead atoms. The van der Waals surface area contributed by atoms with Gasteiger partial charge in [-0.2, -0.15) is 0 Å². The monoisotopic (exact) mass is 472 g/mol. The van der Waals surface area contributed by atoms with Gasteiger partial charge in [0.15, 0.2) is 0 Å². The fourth-order valence-corrected chi connectivity index (χ4v) is 6.18. The average Bonchev–Trinajstić information content (AvgIpc) is 3.26. The van der Waals surface area contributed by atoms with Crippen LogP contribution in [0.25, 0.3) is 0 Å². The minimum absolute atomic E-state index is 0.0115. The molecule has 2 aliphatic rings. The fourth-order valence-electron chi connectivity index (χ4n) is 4.96. The Labute approximate surface area is 195 Å². The number of nitrogens with zero attached hydrogens (tertiary/aromatic N) is 3. The number of hydrogen-bond acceptors (Lipinski definition) is 6. The van der Waals surface area contributed by atoms with Crippen molar-refractivity contribution in [1.82, 2.24) is 9.88 Å². The molecule has 9 heteroatoms. The van der Waals surface area contributed by atoms with Gasteiger partial charge in [-0.25, -0.2) is 18.2 Å². The van der Waals surface area contributed by atoms with E-state index >= 15 is 0 Å². The number of sulfonamides is 1. The number of carbonyl (C=O) groups is 1. The number of rotatable bonds is 7. The molecule has 2 aliphatic heterocycles.